The van der Waals surface area contributed by atoms with Gasteiger partial charge in [0, 0.05) is 12.2 Å². The predicted molar refractivity (Wildman–Crippen MR) is 67.3 cm³/mol. The molecule has 1 atom stereocenters. The van der Waals surface area contributed by atoms with Crippen molar-refractivity contribution in [2.45, 2.75) is 32.7 Å². The van der Waals surface area contributed by atoms with E-state index in [2.05, 4.69) is 0 Å². The van der Waals surface area contributed by atoms with Crippen LogP contribution >= 0.6 is 0 Å². The molecule has 0 saturated carbocycles. The van der Waals surface area contributed by atoms with Crippen LogP contribution < -0.4 is 10.6 Å². The molecule has 4 heteroatoms. The highest BCUT2D eigenvalue weighted by Gasteiger charge is 2.31. The first-order chi connectivity index (χ1) is 7.92. The summed E-state index contributed by atoms with van der Waals surface area (Å²) in [7, 11) is 0. The summed E-state index contributed by atoms with van der Waals surface area (Å²) in [5, 5.41) is 0. The molecule has 1 aromatic carbocycles. The van der Waals surface area contributed by atoms with E-state index in [4.69, 9.17) is 5.73 Å². The van der Waals surface area contributed by atoms with Crippen LogP contribution in [0.1, 0.15) is 27.2 Å². The molecule has 0 radical (unpaired) electrons. The van der Waals surface area contributed by atoms with Crippen LogP contribution in [0.2, 0.25) is 0 Å². The van der Waals surface area contributed by atoms with E-state index in [0.29, 0.717) is 18.7 Å². The van der Waals surface area contributed by atoms with Crippen molar-refractivity contribution in [3.05, 3.63) is 30.1 Å². The fraction of sp³-hybridized carbons (Fsp3) is 0.462. The monoisotopic (exact) mass is 238 g/mol. The summed E-state index contributed by atoms with van der Waals surface area (Å²) < 4.78 is 13.1. The highest BCUT2D eigenvalue weighted by molar-refractivity contribution is 5.99. The lowest BCUT2D eigenvalue weighted by Gasteiger charge is -2.30. The average molecular weight is 238 g/mol. The van der Waals surface area contributed by atoms with Gasteiger partial charge in [0.2, 0.25) is 5.91 Å². The lowest BCUT2D eigenvalue weighted by Crippen LogP contribution is -2.53. The fourth-order valence-electron chi connectivity index (χ4n) is 1.55. The molecule has 0 aliphatic rings. The Morgan fingerprint density at radius 3 is 2.59 bits per heavy atom. The first-order valence-electron chi connectivity index (χ1n) is 5.78. The van der Waals surface area contributed by atoms with Crippen LogP contribution in [0.5, 0.6) is 0 Å². The lowest BCUT2D eigenvalue weighted by atomic mass is 9.98. The molecule has 0 spiro atoms. The molecule has 1 unspecified atom stereocenters. The minimum Gasteiger partial charge on any atom is -0.318 e. The number of rotatable bonds is 4. The SMILES string of the molecule is CCN(C(=O)C(C)(N)CC)c1cccc(F)c1. The molecule has 1 rings (SSSR count). The number of hydrogen-bond donors (Lipinski definition) is 1. The zero-order chi connectivity index (χ0) is 13.1. The minimum atomic E-state index is -0.914. The summed E-state index contributed by atoms with van der Waals surface area (Å²) in [6, 6.07) is 5.98. The molecule has 0 fully saturated rings. The van der Waals surface area contributed by atoms with Gasteiger partial charge in [-0.1, -0.05) is 13.0 Å². The number of carbonyl (C=O) groups is 1. The molecule has 0 aliphatic carbocycles. The van der Waals surface area contributed by atoms with Gasteiger partial charge in [-0.2, -0.15) is 0 Å². The summed E-state index contributed by atoms with van der Waals surface area (Å²) in [6.07, 6.45) is 0.539. The number of benzene rings is 1. The number of amides is 1. The van der Waals surface area contributed by atoms with E-state index in [1.807, 2.05) is 13.8 Å². The van der Waals surface area contributed by atoms with Gasteiger partial charge in [-0.3, -0.25) is 4.79 Å². The largest absolute Gasteiger partial charge is 0.318 e. The number of nitrogens with zero attached hydrogens (tertiary/aromatic N) is 1. The molecule has 3 nitrogen and oxygen atoms in total. The second-order valence-corrected chi connectivity index (χ2v) is 4.30. The van der Waals surface area contributed by atoms with Gasteiger partial charge in [-0.15, -0.1) is 0 Å². The number of halogens is 1. The van der Waals surface area contributed by atoms with Crippen molar-refractivity contribution in [1.29, 1.82) is 0 Å². The van der Waals surface area contributed by atoms with Gasteiger partial charge in [-0.05, 0) is 38.5 Å². The van der Waals surface area contributed by atoms with Crippen molar-refractivity contribution in [2.75, 3.05) is 11.4 Å². The summed E-state index contributed by atoms with van der Waals surface area (Å²) in [6.45, 7) is 5.86. The van der Waals surface area contributed by atoms with E-state index in [1.165, 1.54) is 17.0 Å². The fourth-order valence-corrected chi connectivity index (χ4v) is 1.55. The third-order valence-electron chi connectivity index (χ3n) is 2.90. The van der Waals surface area contributed by atoms with E-state index in [1.54, 1.807) is 19.1 Å². The third-order valence-corrected chi connectivity index (χ3v) is 2.90. The summed E-state index contributed by atoms with van der Waals surface area (Å²) in [4.78, 5) is 13.7. The van der Waals surface area contributed by atoms with Crippen LogP contribution in [0.25, 0.3) is 0 Å². The third kappa shape index (κ3) is 3.03. The van der Waals surface area contributed by atoms with Crippen molar-refractivity contribution in [3.63, 3.8) is 0 Å². The van der Waals surface area contributed by atoms with Gasteiger partial charge >= 0.3 is 0 Å². The van der Waals surface area contributed by atoms with Crippen molar-refractivity contribution in [3.8, 4) is 0 Å². The van der Waals surface area contributed by atoms with Gasteiger partial charge in [-0.25, -0.2) is 4.39 Å². The minimum absolute atomic E-state index is 0.187. The molecular formula is C13H19FN2O. The molecule has 1 amide bonds. The molecule has 94 valence electrons. The molecular weight excluding hydrogens is 219 g/mol. The number of likely N-dealkylation sites (N-methyl/N-ethyl adjacent to an activating group) is 1. The highest BCUT2D eigenvalue weighted by Crippen LogP contribution is 2.19. The van der Waals surface area contributed by atoms with Crippen molar-refractivity contribution in [2.24, 2.45) is 5.73 Å². The summed E-state index contributed by atoms with van der Waals surface area (Å²) in [5.41, 5.74) is 5.56. The smallest absolute Gasteiger partial charge is 0.246 e. The summed E-state index contributed by atoms with van der Waals surface area (Å²) >= 11 is 0. The quantitative estimate of drug-likeness (QED) is 0.875. The van der Waals surface area contributed by atoms with E-state index < -0.39 is 5.54 Å². The van der Waals surface area contributed by atoms with Crippen LogP contribution in [0, 0.1) is 5.82 Å². The molecule has 1 aromatic rings. The number of hydrogen-bond acceptors (Lipinski definition) is 2. The maximum atomic E-state index is 13.1. The van der Waals surface area contributed by atoms with Crippen LogP contribution in [0.4, 0.5) is 10.1 Å². The first-order valence-corrected chi connectivity index (χ1v) is 5.78. The Morgan fingerprint density at radius 2 is 2.12 bits per heavy atom. The Morgan fingerprint density at radius 1 is 1.47 bits per heavy atom. The van der Waals surface area contributed by atoms with Gasteiger partial charge in [0.1, 0.15) is 5.82 Å². The van der Waals surface area contributed by atoms with Crippen LogP contribution in [-0.2, 0) is 4.79 Å². The van der Waals surface area contributed by atoms with Gasteiger partial charge in [0.05, 0.1) is 5.54 Å². The van der Waals surface area contributed by atoms with Crippen molar-refractivity contribution < 1.29 is 9.18 Å². The van der Waals surface area contributed by atoms with Crippen LogP contribution in [-0.4, -0.2) is 18.0 Å². The first kappa shape index (κ1) is 13.6. The second-order valence-electron chi connectivity index (χ2n) is 4.30. The zero-order valence-corrected chi connectivity index (χ0v) is 10.5. The molecule has 0 saturated heterocycles. The summed E-state index contributed by atoms with van der Waals surface area (Å²) in [5.74, 6) is -0.544. The highest BCUT2D eigenvalue weighted by atomic mass is 19.1. The standard InChI is InChI=1S/C13H19FN2O/c1-4-13(3,15)12(17)16(5-2)11-8-6-7-10(14)9-11/h6-9H,4-5,15H2,1-3H3. The van der Waals surface area contributed by atoms with Gasteiger partial charge < -0.3 is 10.6 Å². The molecule has 17 heavy (non-hydrogen) atoms. The number of carbonyl (C=O) groups excluding carboxylic acids is 1. The Labute approximate surface area is 101 Å². The number of nitrogens with two attached hydrogens (primary N) is 1. The molecule has 0 aromatic heterocycles. The maximum Gasteiger partial charge on any atom is 0.246 e. The number of anilines is 1. The van der Waals surface area contributed by atoms with E-state index in [9.17, 15) is 9.18 Å². The van der Waals surface area contributed by atoms with Crippen LogP contribution in [0.3, 0.4) is 0 Å². The van der Waals surface area contributed by atoms with E-state index >= 15 is 0 Å². The predicted octanol–water partition coefficient (Wildman–Crippen LogP) is 2.31. The van der Waals surface area contributed by atoms with Crippen molar-refractivity contribution in [1.82, 2.24) is 0 Å². The zero-order valence-electron chi connectivity index (χ0n) is 10.5. The molecule has 0 heterocycles. The molecule has 0 aliphatic heterocycles. The van der Waals surface area contributed by atoms with Gasteiger partial charge in [0.25, 0.3) is 0 Å². The molecule has 2 N–H and O–H groups in total. The van der Waals surface area contributed by atoms with E-state index in [-0.39, 0.29) is 11.7 Å². The lowest BCUT2D eigenvalue weighted by molar-refractivity contribution is -0.123. The Hall–Kier alpha value is -1.42. The Kier molecular flexibility index (Phi) is 4.23. The Balaban J connectivity index is 3.04. The average Bonchev–Trinajstić information content (AvgIpc) is 2.30. The Bertz CT molecular complexity index is 404. The second kappa shape index (κ2) is 5.27. The topological polar surface area (TPSA) is 46.3 Å². The molecule has 0 bridgehead atoms. The maximum absolute atomic E-state index is 13.1. The van der Waals surface area contributed by atoms with E-state index in [0.717, 1.165) is 0 Å². The van der Waals surface area contributed by atoms with Gasteiger partial charge in [0.15, 0.2) is 0 Å². The normalized spacial score (nSPS) is 14.2. The van der Waals surface area contributed by atoms with Crippen molar-refractivity contribution >= 4 is 11.6 Å². The van der Waals surface area contributed by atoms with Crippen LogP contribution in [0.15, 0.2) is 24.3 Å².